The lowest BCUT2D eigenvalue weighted by Gasteiger charge is -2.14. The van der Waals surface area contributed by atoms with Crippen molar-refractivity contribution in [3.8, 4) is 0 Å². The maximum Gasteiger partial charge on any atom is 0.308 e. The second-order valence-corrected chi connectivity index (χ2v) is 6.26. The van der Waals surface area contributed by atoms with Gasteiger partial charge in [-0.15, -0.1) is 0 Å². The van der Waals surface area contributed by atoms with E-state index in [-0.39, 0.29) is 24.2 Å². The summed E-state index contributed by atoms with van der Waals surface area (Å²) in [5.41, 5.74) is 0.0312. The molecule has 0 saturated carbocycles. The minimum atomic E-state index is -1.21. The number of hydrogen-bond acceptors (Lipinski definition) is 5. The van der Waals surface area contributed by atoms with Crippen molar-refractivity contribution >= 4 is 28.5 Å². The maximum absolute atomic E-state index is 13.6. The van der Waals surface area contributed by atoms with Gasteiger partial charge in [-0.3, -0.25) is 19.0 Å². The number of ether oxygens (including phenoxy) is 1. The Morgan fingerprint density at radius 3 is 2.72 bits per heavy atom. The first kappa shape index (κ1) is 20.1. The van der Waals surface area contributed by atoms with Gasteiger partial charge >= 0.3 is 5.97 Å². The molecular weight excluding hydrogens is 384 g/mol. The van der Waals surface area contributed by atoms with Gasteiger partial charge < -0.3 is 10.1 Å². The van der Waals surface area contributed by atoms with Crippen LogP contribution < -0.4 is 10.9 Å². The van der Waals surface area contributed by atoms with Crippen LogP contribution in [-0.2, 0) is 20.9 Å². The molecule has 7 nitrogen and oxygen atoms in total. The SMILES string of the molecule is CC(OC(=O)CCn1cnc2ccccc2c1=O)C(=O)Nc1ccc(F)cc1F. The van der Waals surface area contributed by atoms with Crippen LogP contribution in [0.25, 0.3) is 10.9 Å². The Hall–Kier alpha value is -3.62. The molecule has 0 aliphatic carbocycles. The van der Waals surface area contributed by atoms with Gasteiger partial charge in [-0.05, 0) is 31.2 Å². The Kier molecular flexibility index (Phi) is 5.96. The highest BCUT2D eigenvalue weighted by molar-refractivity contribution is 5.95. The van der Waals surface area contributed by atoms with Crippen molar-refractivity contribution in [3.05, 3.63) is 70.8 Å². The van der Waals surface area contributed by atoms with Crippen molar-refractivity contribution in [2.75, 3.05) is 5.32 Å². The van der Waals surface area contributed by atoms with Crippen LogP contribution in [0.15, 0.2) is 53.6 Å². The predicted molar refractivity (Wildman–Crippen MR) is 101 cm³/mol. The fraction of sp³-hybridized carbons (Fsp3) is 0.200. The first-order valence-electron chi connectivity index (χ1n) is 8.74. The van der Waals surface area contributed by atoms with Crippen LogP contribution in [0, 0.1) is 11.6 Å². The van der Waals surface area contributed by atoms with Crippen molar-refractivity contribution < 1.29 is 23.1 Å². The highest BCUT2D eigenvalue weighted by Crippen LogP contribution is 2.15. The molecule has 1 atom stereocenters. The van der Waals surface area contributed by atoms with Crippen LogP contribution in [0.5, 0.6) is 0 Å². The lowest BCUT2D eigenvalue weighted by Crippen LogP contribution is -2.31. The van der Waals surface area contributed by atoms with E-state index in [9.17, 15) is 23.2 Å². The predicted octanol–water partition coefficient (Wildman–Crippen LogP) is 2.64. The molecule has 0 spiro atoms. The summed E-state index contributed by atoms with van der Waals surface area (Å²) in [6.07, 6.45) is -0.0354. The summed E-state index contributed by atoms with van der Waals surface area (Å²) < 4.78 is 32.8. The average molecular weight is 401 g/mol. The number of aryl methyl sites for hydroxylation is 1. The van der Waals surface area contributed by atoms with Crippen molar-refractivity contribution in [1.29, 1.82) is 0 Å². The second kappa shape index (κ2) is 8.59. The molecule has 3 aromatic rings. The van der Waals surface area contributed by atoms with Gasteiger partial charge in [-0.1, -0.05) is 12.1 Å². The number of benzene rings is 2. The zero-order valence-electron chi connectivity index (χ0n) is 15.4. The van der Waals surface area contributed by atoms with E-state index in [2.05, 4.69) is 10.3 Å². The molecule has 3 rings (SSSR count). The molecular formula is C20H17F2N3O4. The Morgan fingerprint density at radius 1 is 1.21 bits per heavy atom. The van der Waals surface area contributed by atoms with Crippen molar-refractivity contribution in [2.24, 2.45) is 0 Å². The van der Waals surface area contributed by atoms with E-state index in [0.717, 1.165) is 12.1 Å². The number of para-hydroxylation sites is 1. The molecule has 1 N–H and O–H groups in total. The zero-order valence-corrected chi connectivity index (χ0v) is 15.4. The van der Waals surface area contributed by atoms with E-state index in [1.54, 1.807) is 24.3 Å². The molecule has 0 bridgehead atoms. The van der Waals surface area contributed by atoms with E-state index in [1.807, 2.05) is 0 Å². The molecule has 0 fully saturated rings. The number of rotatable bonds is 6. The number of carbonyl (C=O) groups is 2. The molecule has 29 heavy (non-hydrogen) atoms. The third kappa shape index (κ3) is 4.81. The van der Waals surface area contributed by atoms with Crippen LogP contribution in [0.4, 0.5) is 14.5 Å². The average Bonchev–Trinajstić information content (AvgIpc) is 2.69. The fourth-order valence-electron chi connectivity index (χ4n) is 2.61. The number of anilines is 1. The molecule has 0 radical (unpaired) electrons. The number of carbonyl (C=O) groups excluding carboxylic acids is 2. The summed E-state index contributed by atoms with van der Waals surface area (Å²) in [4.78, 5) is 40.6. The molecule has 1 amide bonds. The monoisotopic (exact) mass is 401 g/mol. The number of aromatic nitrogens is 2. The van der Waals surface area contributed by atoms with Crippen LogP contribution in [0.3, 0.4) is 0 Å². The number of amides is 1. The van der Waals surface area contributed by atoms with Crippen molar-refractivity contribution in [1.82, 2.24) is 9.55 Å². The van der Waals surface area contributed by atoms with Crippen molar-refractivity contribution in [3.63, 3.8) is 0 Å². The summed E-state index contributed by atoms with van der Waals surface area (Å²) >= 11 is 0. The number of nitrogens with zero attached hydrogens (tertiary/aromatic N) is 2. The molecule has 150 valence electrons. The Balaban J connectivity index is 1.57. The summed E-state index contributed by atoms with van der Waals surface area (Å²) in [6.45, 7) is 1.34. The van der Waals surface area contributed by atoms with Gasteiger partial charge in [0, 0.05) is 12.6 Å². The van der Waals surface area contributed by atoms with Crippen LogP contribution in [0.1, 0.15) is 13.3 Å². The minimum absolute atomic E-state index is 0.0242. The fourth-order valence-corrected chi connectivity index (χ4v) is 2.61. The first-order valence-corrected chi connectivity index (χ1v) is 8.74. The quantitative estimate of drug-likeness (QED) is 0.642. The minimum Gasteiger partial charge on any atom is -0.452 e. The topological polar surface area (TPSA) is 90.3 Å². The van der Waals surface area contributed by atoms with Gasteiger partial charge in [-0.25, -0.2) is 13.8 Å². The van der Waals surface area contributed by atoms with E-state index < -0.39 is 29.6 Å². The van der Waals surface area contributed by atoms with E-state index >= 15 is 0 Å². The summed E-state index contributed by atoms with van der Waals surface area (Å²) in [6, 6.07) is 9.51. The highest BCUT2D eigenvalue weighted by atomic mass is 19.1. The number of hydrogen-bond donors (Lipinski definition) is 1. The van der Waals surface area contributed by atoms with Gasteiger partial charge in [0.25, 0.3) is 11.5 Å². The lowest BCUT2D eigenvalue weighted by atomic mass is 10.2. The van der Waals surface area contributed by atoms with Gasteiger partial charge in [0.15, 0.2) is 6.10 Å². The molecule has 0 aliphatic rings. The maximum atomic E-state index is 13.6. The highest BCUT2D eigenvalue weighted by Gasteiger charge is 2.19. The van der Waals surface area contributed by atoms with Crippen molar-refractivity contribution in [2.45, 2.75) is 26.0 Å². The summed E-state index contributed by atoms with van der Waals surface area (Å²) in [5, 5.41) is 2.65. The standard InChI is InChI=1S/C20H17F2N3O4/c1-12(19(27)24-17-7-6-13(21)10-15(17)22)29-18(26)8-9-25-11-23-16-5-3-2-4-14(16)20(25)28/h2-7,10-12H,8-9H2,1H3,(H,24,27). The number of halogens is 2. The Morgan fingerprint density at radius 2 is 1.97 bits per heavy atom. The van der Waals surface area contributed by atoms with Gasteiger partial charge in [0.2, 0.25) is 0 Å². The lowest BCUT2D eigenvalue weighted by molar-refractivity contribution is -0.153. The molecule has 1 heterocycles. The van der Waals surface area contributed by atoms with E-state index in [1.165, 1.54) is 17.8 Å². The second-order valence-electron chi connectivity index (χ2n) is 6.26. The van der Waals surface area contributed by atoms with E-state index in [4.69, 9.17) is 4.74 Å². The molecule has 1 aromatic heterocycles. The zero-order chi connectivity index (χ0) is 21.0. The summed E-state index contributed by atoms with van der Waals surface area (Å²) in [5.74, 6) is -3.21. The third-order valence-electron chi connectivity index (χ3n) is 4.15. The Bertz CT molecular complexity index is 1130. The first-order chi connectivity index (χ1) is 13.8. The van der Waals surface area contributed by atoms with Gasteiger partial charge in [-0.2, -0.15) is 0 Å². The number of esters is 1. The molecule has 9 heteroatoms. The largest absolute Gasteiger partial charge is 0.452 e. The van der Waals surface area contributed by atoms with E-state index in [0.29, 0.717) is 17.0 Å². The van der Waals surface area contributed by atoms with Gasteiger partial charge in [0.1, 0.15) is 11.6 Å². The summed E-state index contributed by atoms with van der Waals surface area (Å²) in [7, 11) is 0. The molecule has 0 aliphatic heterocycles. The van der Waals surface area contributed by atoms with Crippen LogP contribution in [0.2, 0.25) is 0 Å². The molecule has 2 aromatic carbocycles. The third-order valence-corrected chi connectivity index (χ3v) is 4.15. The number of nitrogens with one attached hydrogen (secondary N) is 1. The Labute approximate surface area is 163 Å². The van der Waals surface area contributed by atoms with Crippen LogP contribution >= 0.6 is 0 Å². The van der Waals surface area contributed by atoms with Gasteiger partial charge in [0.05, 0.1) is 29.3 Å². The number of fused-ring (bicyclic) bond motifs is 1. The normalized spacial score (nSPS) is 11.8. The molecule has 1 unspecified atom stereocenters. The van der Waals surface area contributed by atoms with Crippen LogP contribution in [-0.4, -0.2) is 27.5 Å². The molecule has 0 saturated heterocycles. The smallest absolute Gasteiger partial charge is 0.308 e.